The summed E-state index contributed by atoms with van der Waals surface area (Å²) in [5, 5.41) is 5.16. The van der Waals surface area contributed by atoms with Crippen LogP contribution in [-0.2, 0) is 29.0 Å². The molecule has 0 bridgehead atoms. The monoisotopic (exact) mass is 425 g/mol. The van der Waals surface area contributed by atoms with Crippen LogP contribution in [0.3, 0.4) is 0 Å². The molecule has 2 aliphatic rings. The normalized spacial score (nSPS) is 20.0. The van der Waals surface area contributed by atoms with Gasteiger partial charge in [0.1, 0.15) is 6.04 Å². The molecule has 30 heavy (non-hydrogen) atoms. The molecule has 160 valence electrons. The molecule has 2 unspecified atom stereocenters. The molecule has 2 aromatic rings. The zero-order valence-electron chi connectivity index (χ0n) is 17.7. The first-order valence-corrected chi connectivity index (χ1v) is 11.9. The van der Waals surface area contributed by atoms with E-state index in [1.54, 1.807) is 16.2 Å². The third kappa shape index (κ3) is 4.76. The molecule has 0 spiro atoms. The Balaban J connectivity index is 1.32. The molecule has 0 radical (unpaired) electrons. The van der Waals surface area contributed by atoms with Gasteiger partial charge in [0.2, 0.25) is 11.8 Å². The van der Waals surface area contributed by atoms with Gasteiger partial charge in [-0.2, -0.15) is 0 Å². The minimum Gasteiger partial charge on any atom is -0.353 e. The second-order valence-corrected chi connectivity index (χ2v) is 9.33. The van der Waals surface area contributed by atoms with Crippen molar-refractivity contribution in [2.75, 3.05) is 19.6 Å². The molecule has 2 aliphatic heterocycles. The van der Waals surface area contributed by atoms with Gasteiger partial charge in [0.25, 0.3) is 0 Å². The number of thiophene rings is 1. The summed E-state index contributed by atoms with van der Waals surface area (Å²) in [4.78, 5) is 31.0. The highest BCUT2D eigenvalue weighted by atomic mass is 32.1. The molecule has 1 aromatic carbocycles. The maximum absolute atomic E-state index is 12.9. The smallest absolute Gasteiger partial charge is 0.242 e. The van der Waals surface area contributed by atoms with Gasteiger partial charge in [-0.05, 0) is 48.3 Å². The molecular formula is C24H31N3O2S. The first-order chi connectivity index (χ1) is 14.7. The van der Waals surface area contributed by atoms with Gasteiger partial charge in [-0.1, -0.05) is 37.3 Å². The van der Waals surface area contributed by atoms with Gasteiger partial charge in [0.05, 0.1) is 6.42 Å². The third-order valence-corrected chi connectivity index (χ3v) is 7.32. The van der Waals surface area contributed by atoms with Crippen LogP contribution in [0.1, 0.15) is 42.2 Å². The van der Waals surface area contributed by atoms with Crippen LogP contribution in [0.2, 0.25) is 0 Å². The fraction of sp³-hybridized carbons (Fsp3) is 0.500. The van der Waals surface area contributed by atoms with E-state index in [4.69, 9.17) is 0 Å². The summed E-state index contributed by atoms with van der Waals surface area (Å²) in [7, 11) is 0. The summed E-state index contributed by atoms with van der Waals surface area (Å²) in [6, 6.07) is 12.6. The molecular weight excluding hydrogens is 394 g/mol. The number of nitrogens with zero attached hydrogens (tertiary/aromatic N) is 2. The average molecular weight is 426 g/mol. The van der Waals surface area contributed by atoms with Crippen LogP contribution in [-0.4, -0.2) is 53.3 Å². The highest BCUT2D eigenvalue weighted by Crippen LogP contribution is 2.22. The molecule has 4 rings (SSSR count). The van der Waals surface area contributed by atoms with Crippen LogP contribution in [0.4, 0.5) is 0 Å². The van der Waals surface area contributed by atoms with Gasteiger partial charge in [-0.3, -0.25) is 14.5 Å². The van der Waals surface area contributed by atoms with Crippen molar-refractivity contribution in [2.24, 2.45) is 0 Å². The lowest BCUT2D eigenvalue weighted by Gasteiger charge is -2.35. The Bertz CT molecular complexity index is 867. The number of amides is 2. The predicted molar refractivity (Wildman–Crippen MR) is 120 cm³/mol. The highest BCUT2D eigenvalue weighted by Gasteiger charge is 2.34. The van der Waals surface area contributed by atoms with Gasteiger partial charge in [0.15, 0.2) is 0 Å². The Morgan fingerprint density at radius 3 is 2.77 bits per heavy atom. The fourth-order valence-corrected chi connectivity index (χ4v) is 5.39. The minimum atomic E-state index is -0.322. The standard InChI is InChI=1S/C24H31N3O2S/c1-2-20(26-13-11-18-7-3-4-8-19(18)17-26)16-25-24(29)22-10-5-12-27(22)23(28)15-21-9-6-14-30-21/h3-4,6-9,14,20,22H,2,5,10-13,15-17H2,1H3,(H,25,29). The quantitative estimate of drug-likeness (QED) is 0.741. The molecule has 0 aliphatic carbocycles. The Kier molecular flexibility index (Phi) is 6.85. The summed E-state index contributed by atoms with van der Waals surface area (Å²) in [6.45, 7) is 5.48. The SMILES string of the molecule is CCC(CNC(=O)C1CCCN1C(=O)Cc1cccs1)N1CCc2ccccc2C1. The van der Waals surface area contributed by atoms with Crippen molar-refractivity contribution < 1.29 is 9.59 Å². The molecule has 3 heterocycles. The first kappa shape index (κ1) is 21.1. The Morgan fingerprint density at radius 2 is 2.00 bits per heavy atom. The van der Waals surface area contributed by atoms with E-state index < -0.39 is 0 Å². The Hall–Kier alpha value is -2.18. The van der Waals surface area contributed by atoms with Gasteiger partial charge in [-0.25, -0.2) is 0 Å². The van der Waals surface area contributed by atoms with Gasteiger partial charge < -0.3 is 10.2 Å². The number of carbonyl (C=O) groups is 2. The number of likely N-dealkylation sites (tertiary alicyclic amines) is 1. The van der Waals surface area contributed by atoms with E-state index in [0.29, 0.717) is 25.6 Å². The first-order valence-electron chi connectivity index (χ1n) is 11.1. The maximum atomic E-state index is 12.9. The average Bonchev–Trinajstić information content (AvgIpc) is 3.46. The molecule has 2 atom stereocenters. The Labute approximate surface area is 183 Å². The van der Waals surface area contributed by atoms with Crippen molar-refractivity contribution >= 4 is 23.2 Å². The van der Waals surface area contributed by atoms with E-state index in [1.165, 1.54) is 11.1 Å². The van der Waals surface area contributed by atoms with E-state index in [-0.39, 0.29) is 17.9 Å². The second kappa shape index (κ2) is 9.75. The second-order valence-electron chi connectivity index (χ2n) is 8.30. The molecule has 1 saturated heterocycles. The number of benzene rings is 1. The number of hydrogen-bond acceptors (Lipinski definition) is 4. The third-order valence-electron chi connectivity index (χ3n) is 6.44. The van der Waals surface area contributed by atoms with Crippen molar-refractivity contribution in [3.8, 4) is 0 Å². The molecule has 0 saturated carbocycles. The number of rotatable bonds is 7. The van der Waals surface area contributed by atoms with Crippen LogP contribution < -0.4 is 5.32 Å². The number of nitrogens with one attached hydrogen (secondary N) is 1. The maximum Gasteiger partial charge on any atom is 0.242 e. The lowest BCUT2D eigenvalue weighted by Crippen LogP contribution is -2.50. The zero-order chi connectivity index (χ0) is 20.9. The summed E-state index contributed by atoms with van der Waals surface area (Å²) in [5.74, 6) is 0.0673. The largest absolute Gasteiger partial charge is 0.353 e. The van der Waals surface area contributed by atoms with Crippen LogP contribution >= 0.6 is 11.3 Å². The number of hydrogen-bond donors (Lipinski definition) is 1. The minimum absolute atomic E-state index is 0.00268. The lowest BCUT2D eigenvalue weighted by atomic mass is 9.98. The Morgan fingerprint density at radius 1 is 1.17 bits per heavy atom. The summed E-state index contributed by atoms with van der Waals surface area (Å²) in [5.41, 5.74) is 2.84. The number of carbonyl (C=O) groups excluding carboxylic acids is 2. The summed E-state index contributed by atoms with van der Waals surface area (Å²) in [6.07, 6.45) is 4.11. The van der Waals surface area contributed by atoms with E-state index in [1.807, 2.05) is 17.5 Å². The predicted octanol–water partition coefficient (Wildman–Crippen LogP) is 3.23. The summed E-state index contributed by atoms with van der Waals surface area (Å²) < 4.78 is 0. The molecule has 1 N–H and O–H groups in total. The molecule has 6 heteroatoms. The van der Waals surface area contributed by atoms with Crippen molar-refractivity contribution in [2.45, 2.75) is 57.7 Å². The fourth-order valence-electron chi connectivity index (χ4n) is 4.70. The van der Waals surface area contributed by atoms with Crippen molar-refractivity contribution in [3.63, 3.8) is 0 Å². The molecule has 1 fully saturated rings. The van der Waals surface area contributed by atoms with E-state index in [2.05, 4.69) is 41.4 Å². The van der Waals surface area contributed by atoms with Crippen molar-refractivity contribution in [3.05, 3.63) is 57.8 Å². The van der Waals surface area contributed by atoms with Crippen LogP contribution in [0, 0.1) is 0 Å². The van der Waals surface area contributed by atoms with E-state index >= 15 is 0 Å². The van der Waals surface area contributed by atoms with Gasteiger partial charge in [0, 0.05) is 37.1 Å². The van der Waals surface area contributed by atoms with Gasteiger partial charge in [-0.15, -0.1) is 11.3 Å². The number of fused-ring (bicyclic) bond motifs is 1. The van der Waals surface area contributed by atoms with Crippen molar-refractivity contribution in [1.29, 1.82) is 0 Å². The highest BCUT2D eigenvalue weighted by molar-refractivity contribution is 7.10. The lowest BCUT2D eigenvalue weighted by molar-refractivity contribution is -0.138. The van der Waals surface area contributed by atoms with Gasteiger partial charge >= 0.3 is 0 Å². The molecule has 5 nitrogen and oxygen atoms in total. The van der Waals surface area contributed by atoms with E-state index in [0.717, 1.165) is 43.6 Å². The molecule has 1 aromatic heterocycles. The van der Waals surface area contributed by atoms with Crippen LogP contribution in [0.25, 0.3) is 0 Å². The van der Waals surface area contributed by atoms with E-state index in [9.17, 15) is 9.59 Å². The van der Waals surface area contributed by atoms with Crippen LogP contribution in [0.5, 0.6) is 0 Å². The molecule has 2 amide bonds. The summed E-state index contributed by atoms with van der Waals surface area (Å²) >= 11 is 1.59. The topological polar surface area (TPSA) is 52.7 Å². The van der Waals surface area contributed by atoms with Crippen LogP contribution in [0.15, 0.2) is 41.8 Å². The zero-order valence-corrected chi connectivity index (χ0v) is 18.5. The van der Waals surface area contributed by atoms with Crippen molar-refractivity contribution in [1.82, 2.24) is 15.1 Å².